The van der Waals surface area contributed by atoms with Gasteiger partial charge in [-0.15, -0.1) is 0 Å². The lowest BCUT2D eigenvalue weighted by molar-refractivity contribution is -0.128. The largest absolute Gasteiger partial charge is 0.478 e. The highest BCUT2D eigenvalue weighted by Crippen LogP contribution is 2.23. The van der Waals surface area contributed by atoms with Crippen molar-refractivity contribution in [2.75, 3.05) is 5.32 Å². The van der Waals surface area contributed by atoms with Gasteiger partial charge in [-0.1, -0.05) is 23.7 Å². The van der Waals surface area contributed by atoms with Crippen LogP contribution < -0.4 is 15.4 Å². The van der Waals surface area contributed by atoms with Gasteiger partial charge in [0.25, 0.3) is 11.8 Å². The fourth-order valence-electron chi connectivity index (χ4n) is 2.25. The quantitative estimate of drug-likeness (QED) is 0.793. The molecular weight excluding hydrogens is 352 g/mol. The lowest BCUT2D eigenvalue weighted by atomic mass is 10.1. The van der Waals surface area contributed by atoms with E-state index in [0.717, 1.165) is 0 Å². The Morgan fingerprint density at radius 3 is 2.27 bits per heavy atom. The SMILES string of the molecule is CC(C)NC(=O)c1ccccc1NC(=O)C(C)(C)Oc1ccc(Cl)cc1. The predicted molar refractivity (Wildman–Crippen MR) is 104 cm³/mol. The Balaban J connectivity index is 2.15. The van der Waals surface area contributed by atoms with E-state index in [4.69, 9.17) is 16.3 Å². The van der Waals surface area contributed by atoms with Crippen molar-refractivity contribution >= 4 is 29.1 Å². The molecule has 138 valence electrons. The number of nitrogens with one attached hydrogen (secondary N) is 2. The number of halogens is 1. The topological polar surface area (TPSA) is 67.4 Å². The van der Waals surface area contributed by atoms with Crippen molar-refractivity contribution in [3.05, 3.63) is 59.1 Å². The molecule has 0 saturated heterocycles. The summed E-state index contributed by atoms with van der Waals surface area (Å²) in [5.41, 5.74) is -0.310. The molecular formula is C20H23ClN2O3. The minimum Gasteiger partial charge on any atom is -0.478 e. The molecule has 5 nitrogen and oxygen atoms in total. The first-order valence-corrected chi connectivity index (χ1v) is 8.73. The summed E-state index contributed by atoms with van der Waals surface area (Å²) in [4.78, 5) is 25.0. The summed E-state index contributed by atoms with van der Waals surface area (Å²) >= 11 is 5.86. The van der Waals surface area contributed by atoms with Crippen molar-refractivity contribution < 1.29 is 14.3 Å². The van der Waals surface area contributed by atoms with E-state index in [1.165, 1.54) is 0 Å². The molecule has 0 radical (unpaired) electrons. The van der Waals surface area contributed by atoms with E-state index in [0.29, 0.717) is 22.0 Å². The number of hydrogen-bond acceptors (Lipinski definition) is 3. The summed E-state index contributed by atoms with van der Waals surface area (Å²) in [5, 5.41) is 6.20. The van der Waals surface area contributed by atoms with E-state index >= 15 is 0 Å². The highest BCUT2D eigenvalue weighted by atomic mass is 35.5. The average Bonchev–Trinajstić information content (AvgIpc) is 2.56. The molecule has 0 unspecified atom stereocenters. The molecule has 0 aliphatic rings. The summed E-state index contributed by atoms with van der Waals surface area (Å²) in [5.74, 6) is -0.0787. The highest BCUT2D eigenvalue weighted by molar-refractivity contribution is 6.30. The first kappa shape index (κ1) is 19.8. The van der Waals surface area contributed by atoms with Crippen LogP contribution in [0.5, 0.6) is 5.75 Å². The lowest BCUT2D eigenvalue weighted by Gasteiger charge is -2.26. The summed E-state index contributed by atoms with van der Waals surface area (Å²) in [6, 6.07) is 13.6. The average molecular weight is 375 g/mol. The molecule has 0 fully saturated rings. The van der Waals surface area contributed by atoms with Gasteiger partial charge in [-0.05, 0) is 64.1 Å². The lowest BCUT2D eigenvalue weighted by Crippen LogP contribution is -2.43. The Morgan fingerprint density at radius 2 is 1.65 bits per heavy atom. The third kappa shape index (κ3) is 5.23. The first-order chi connectivity index (χ1) is 12.2. The first-order valence-electron chi connectivity index (χ1n) is 8.35. The third-order valence-corrected chi connectivity index (χ3v) is 3.83. The maximum absolute atomic E-state index is 12.7. The standard InChI is InChI=1S/C20H23ClN2O3/c1-13(2)22-18(24)16-7-5-6-8-17(16)23-19(25)20(3,4)26-15-11-9-14(21)10-12-15/h5-13H,1-4H3,(H,22,24)(H,23,25). The minimum atomic E-state index is -1.14. The molecule has 0 aromatic heterocycles. The zero-order chi connectivity index (χ0) is 19.3. The van der Waals surface area contributed by atoms with E-state index < -0.39 is 5.60 Å². The van der Waals surface area contributed by atoms with Gasteiger partial charge in [0.2, 0.25) is 0 Å². The van der Waals surface area contributed by atoms with E-state index in [9.17, 15) is 9.59 Å². The summed E-state index contributed by atoms with van der Waals surface area (Å²) in [6.45, 7) is 7.08. The molecule has 2 amide bonds. The van der Waals surface area contributed by atoms with Crippen molar-refractivity contribution in [1.82, 2.24) is 5.32 Å². The normalized spacial score (nSPS) is 11.2. The number of amides is 2. The molecule has 0 aliphatic heterocycles. The number of para-hydroxylation sites is 1. The van der Waals surface area contributed by atoms with E-state index in [1.807, 2.05) is 13.8 Å². The molecule has 2 rings (SSSR count). The Hall–Kier alpha value is -2.53. The van der Waals surface area contributed by atoms with Crippen LogP contribution in [0.1, 0.15) is 38.1 Å². The number of ether oxygens (including phenoxy) is 1. The second kappa shape index (κ2) is 8.23. The molecule has 2 N–H and O–H groups in total. The van der Waals surface area contributed by atoms with Crippen LogP contribution >= 0.6 is 11.6 Å². The van der Waals surface area contributed by atoms with E-state index in [1.54, 1.807) is 62.4 Å². The van der Waals surface area contributed by atoms with Gasteiger partial charge in [0.15, 0.2) is 5.60 Å². The Morgan fingerprint density at radius 1 is 1.04 bits per heavy atom. The van der Waals surface area contributed by atoms with Crippen LogP contribution in [-0.4, -0.2) is 23.5 Å². The van der Waals surface area contributed by atoms with Crippen LogP contribution in [0.4, 0.5) is 5.69 Å². The predicted octanol–water partition coefficient (Wildman–Crippen LogP) is 4.27. The van der Waals surface area contributed by atoms with Gasteiger partial charge >= 0.3 is 0 Å². The zero-order valence-electron chi connectivity index (χ0n) is 15.3. The number of carbonyl (C=O) groups is 2. The number of carbonyl (C=O) groups excluding carboxylic acids is 2. The maximum atomic E-state index is 12.7. The molecule has 0 heterocycles. The van der Waals surface area contributed by atoms with Crippen molar-refractivity contribution in [2.45, 2.75) is 39.3 Å². The highest BCUT2D eigenvalue weighted by Gasteiger charge is 2.31. The van der Waals surface area contributed by atoms with Crippen LogP contribution in [0.25, 0.3) is 0 Å². The molecule has 2 aromatic carbocycles. The molecule has 0 spiro atoms. The fourth-order valence-corrected chi connectivity index (χ4v) is 2.37. The maximum Gasteiger partial charge on any atom is 0.267 e. The molecule has 0 saturated carbocycles. The number of hydrogen-bond donors (Lipinski definition) is 2. The zero-order valence-corrected chi connectivity index (χ0v) is 16.1. The number of anilines is 1. The monoisotopic (exact) mass is 374 g/mol. The smallest absolute Gasteiger partial charge is 0.267 e. The van der Waals surface area contributed by atoms with Crippen LogP contribution in [-0.2, 0) is 4.79 Å². The van der Waals surface area contributed by atoms with Gasteiger partial charge in [-0.25, -0.2) is 0 Å². The van der Waals surface area contributed by atoms with Crippen molar-refractivity contribution in [2.24, 2.45) is 0 Å². The van der Waals surface area contributed by atoms with Gasteiger partial charge in [0, 0.05) is 11.1 Å². The molecule has 0 atom stereocenters. The second-order valence-corrected chi connectivity index (χ2v) is 7.13. The van der Waals surface area contributed by atoms with E-state index in [-0.39, 0.29) is 17.9 Å². The van der Waals surface area contributed by atoms with Gasteiger partial charge in [0.1, 0.15) is 5.75 Å². The van der Waals surface area contributed by atoms with Crippen molar-refractivity contribution in [3.63, 3.8) is 0 Å². The molecule has 0 aliphatic carbocycles. The minimum absolute atomic E-state index is 0.00376. The molecule has 6 heteroatoms. The Labute approximate surface area is 158 Å². The van der Waals surface area contributed by atoms with Crippen molar-refractivity contribution in [3.8, 4) is 5.75 Å². The van der Waals surface area contributed by atoms with Crippen LogP contribution in [0, 0.1) is 0 Å². The summed E-state index contributed by atoms with van der Waals surface area (Å²) < 4.78 is 5.78. The van der Waals surface area contributed by atoms with Crippen LogP contribution in [0.2, 0.25) is 5.02 Å². The molecule has 26 heavy (non-hydrogen) atoms. The van der Waals surface area contributed by atoms with Crippen LogP contribution in [0.3, 0.4) is 0 Å². The van der Waals surface area contributed by atoms with E-state index in [2.05, 4.69) is 10.6 Å². The van der Waals surface area contributed by atoms with Gasteiger partial charge in [-0.2, -0.15) is 0 Å². The number of rotatable bonds is 6. The third-order valence-electron chi connectivity index (χ3n) is 3.57. The summed E-state index contributed by atoms with van der Waals surface area (Å²) in [6.07, 6.45) is 0. The summed E-state index contributed by atoms with van der Waals surface area (Å²) in [7, 11) is 0. The fraction of sp³-hybridized carbons (Fsp3) is 0.300. The van der Waals surface area contributed by atoms with Gasteiger partial charge in [0.05, 0.1) is 11.3 Å². The van der Waals surface area contributed by atoms with Crippen molar-refractivity contribution in [1.29, 1.82) is 0 Å². The molecule has 0 bridgehead atoms. The van der Waals surface area contributed by atoms with Crippen LogP contribution in [0.15, 0.2) is 48.5 Å². The second-order valence-electron chi connectivity index (χ2n) is 6.69. The van der Waals surface area contributed by atoms with Gasteiger partial charge in [-0.3, -0.25) is 9.59 Å². The number of benzene rings is 2. The van der Waals surface area contributed by atoms with Gasteiger partial charge < -0.3 is 15.4 Å². The molecule has 2 aromatic rings. The Kier molecular flexibility index (Phi) is 6.27. The Bertz CT molecular complexity index is 786.